The van der Waals surface area contributed by atoms with Crippen molar-refractivity contribution in [1.82, 2.24) is 0 Å². The highest BCUT2D eigenvalue weighted by atomic mass is 16.5. The fourth-order valence-electron chi connectivity index (χ4n) is 2.89. The average Bonchev–Trinajstić information content (AvgIpc) is 2.67. The van der Waals surface area contributed by atoms with Crippen LogP contribution in [0, 0.1) is 6.92 Å². The molecule has 0 amide bonds. The van der Waals surface area contributed by atoms with Crippen LogP contribution in [0.2, 0.25) is 0 Å². The molecule has 1 N–H and O–H groups in total. The minimum atomic E-state index is -0.163. The van der Waals surface area contributed by atoms with Crippen molar-refractivity contribution in [2.45, 2.75) is 13.5 Å². The van der Waals surface area contributed by atoms with E-state index in [1.165, 1.54) is 13.2 Å². The van der Waals surface area contributed by atoms with Gasteiger partial charge in [0.2, 0.25) is 0 Å². The molecule has 0 unspecified atom stereocenters. The van der Waals surface area contributed by atoms with Crippen molar-refractivity contribution >= 4 is 6.29 Å². The van der Waals surface area contributed by atoms with Crippen LogP contribution in [-0.4, -0.2) is 18.5 Å². The molecule has 0 aromatic heterocycles. The van der Waals surface area contributed by atoms with Gasteiger partial charge in [-0.15, -0.1) is 0 Å². The molecule has 4 heteroatoms. The molecule has 0 aliphatic heterocycles. The first-order chi connectivity index (χ1) is 12.6. The summed E-state index contributed by atoms with van der Waals surface area (Å²) in [6.07, 6.45) is 0.561. The van der Waals surface area contributed by atoms with Crippen molar-refractivity contribution in [3.63, 3.8) is 0 Å². The Morgan fingerprint density at radius 1 is 1.04 bits per heavy atom. The maximum absolute atomic E-state index is 11.0. The van der Waals surface area contributed by atoms with E-state index in [1.54, 1.807) is 6.07 Å². The van der Waals surface area contributed by atoms with E-state index in [-0.39, 0.29) is 17.1 Å². The first-order valence-corrected chi connectivity index (χ1v) is 8.27. The quantitative estimate of drug-likeness (QED) is 0.652. The smallest absolute Gasteiger partial charge is 0.157 e. The number of phenols is 1. The highest BCUT2D eigenvalue weighted by Gasteiger charge is 2.12. The van der Waals surface area contributed by atoms with Gasteiger partial charge in [-0.25, -0.2) is 0 Å². The maximum Gasteiger partial charge on any atom is 0.157 e. The van der Waals surface area contributed by atoms with Crippen LogP contribution < -0.4 is 9.47 Å². The highest BCUT2D eigenvalue weighted by Crippen LogP contribution is 2.33. The normalized spacial score (nSPS) is 10.4. The van der Waals surface area contributed by atoms with E-state index in [1.807, 2.05) is 30.3 Å². The molecule has 132 valence electrons. The summed E-state index contributed by atoms with van der Waals surface area (Å²) < 4.78 is 11.0. The maximum atomic E-state index is 11.0. The van der Waals surface area contributed by atoms with E-state index in [2.05, 4.69) is 25.1 Å². The van der Waals surface area contributed by atoms with Crippen LogP contribution in [0.1, 0.15) is 21.5 Å². The molecule has 26 heavy (non-hydrogen) atoms. The molecule has 3 rings (SSSR count). The van der Waals surface area contributed by atoms with Crippen LogP contribution in [0.3, 0.4) is 0 Å². The van der Waals surface area contributed by atoms with Crippen molar-refractivity contribution < 1.29 is 19.4 Å². The minimum Gasteiger partial charge on any atom is -0.507 e. The first-order valence-electron chi connectivity index (χ1n) is 8.27. The van der Waals surface area contributed by atoms with Crippen LogP contribution >= 0.6 is 0 Å². The molecule has 0 heterocycles. The third-order valence-corrected chi connectivity index (χ3v) is 4.36. The van der Waals surface area contributed by atoms with Gasteiger partial charge in [-0.3, -0.25) is 4.79 Å². The van der Waals surface area contributed by atoms with Crippen LogP contribution in [0.15, 0.2) is 60.7 Å². The Hall–Kier alpha value is -3.27. The van der Waals surface area contributed by atoms with Gasteiger partial charge in [0.15, 0.2) is 6.29 Å². The molecule has 4 nitrogen and oxygen atoms in total. The molecule has 0 spiro atoms. The molecule has 0 radical (unpaired) electrons. The van der Waals surface area contributed by atoms with Gasteiger partial charge in [-0.2, -0.15) is 0 Å². The van der Waals surface area contributed by atoms with Crippen LogP contribution in [0.5, 0.6) is 17.2 Å². The Bertz CT molecular complexity index is 917. The van der Waals surface area contributed by atoms with Crippen molar-refractivity contribution in [1.29, 1.82) is 0 Å². The minimum absolute atomic E-state index is 0.113. The van der Waals surface area contributed by atoms with Crippen LogP contribution in [0.4, 0.5) is 0 Å². The van der Waals surface area contributed by atoms with Gasteiger partial charge < -0.3 is 14.6 Å². The van der Waals surface area contributed by atoms with E-state index in [9.17, 15) is 9.90 Å². The number of aldehydes is 1. The van der Waals surface area contributed by atoms with E-state index in [0.29, 0.717) is 18.6 Å². The molecule has 0 atom stereocenters. The summed E-state index contributed by atoms with van der Waals surface area (Å²) in [5.74, 6) is 0.559. The van der Waals surface area contributed by atoms with E-state index in [0.717, 1.165) is 22.3 Å². The van der Waals surface area contributed by atoms with E-state index >= 15 is 0 Å². The number of aromatic hydroxyl groups is 1. The standard InChI is InChI=1S/C22H20O4/c1-15-17(9-6-10-19(15)16-7-4-3-5-8-16)14-26-18-11-21(24)20(13-23)22(12-18)25-2/h3-13,24H,14H2,1-2H3. The van der Waals surface area contributed by atoms with Gasteiger partial charge in [0.25, 0.3) is 0 Å². The van der Waals surface area contributed by atoms with Crippen LogP contribution in [-0.2, 0) is 6.61 Å². The number of carbonyl (C=O) groups is 1. The molecule has 0 bridgehead atoms. The number of carbonyl (C=O) groups excluding carboxylic acids is 1. The Kier molecular flexibility index (Phi) is 5.23. The van der Waals surface area contributed by atoms with E-state index in [4.69, 9.17) is 9.47 Å². The summed E-state index contributed by atoms with van der Waals surface area (Å²) >= 11 is 0. The van der Waals surface area contributed by atoms with Gasteiger partial charge in [0.1, 0.15) is 23.9 Å². The van der Waals surface area contributed by atoms with Crippen molar-refractivity contribution in [3.8, 4) is 28.4 Å². The van der Waals surface area contributed by atoms with Gasteiger partial charge in [0.05, 0.1) is 12.7 Å². The highest BCUT2D eigenvalue weighted by molar-refractivity contribution is 5.84. The van der Waals surface area contributed by atoms with Gasteiger partial charge in [-0.1, -0.05) is 48.5 Å². The van der Waals surface area contributed by atoms with Crippen LogP contribution in [0.25, 0.3) is 11.1 Å². The zero-order valence-corrected chi connectivity index (χ0v) is 14.7. The van der Waals surface area contributed by atoms with Gasteiger partial charge in [0, 0.05) is 12.1 Å². The molecule has 0 aliphatic carbocycles. The number of hydrogen-bond donors (Lipinski definition) is 1. The number of rotatable bonds is 6. The Morgan fingerprint density at radius 3 is 2.50 bits per heavy atom. The molecule has 3 aromatic rings. The summed E-state index contributed by atoms with van der Waals surface area (Å²) in [6, 6.07) is 19.3. The zero-order chi connectivity index (χ0) is 18.5. The summed E-state index contributed by atoms with van der Waals surface area (Å²) in [7, 11) is 1.44. The summed E-state index contributed by atoms with van der Waals surface area (Å²) in [5, 5.41) is 9.96. The number of hydrogen-bond acceptors (Lipinski definition) is 4. The molecular weight excluding hydrogens is 328 g/mol. The van der Waals surface area contributed by atoms with Crippen molar-refractivity contribution in [2.24, 2.45) is 0 Å². The van der Waals surface area contributed by atoms with E-state index < -0.39 is 0 Å². The molecule has 0 fully saturated rings. The topological polar surface area (TPSA) is 55.8 Å². The van der Waals surface area contributed by atoms with Crippen molar-refractivity contribution in [3.05, 3.63) is 77.4 Å². The molecule has 0 saturated carbocycles. The first kappa shape index (κ1) is 17.5. The van der Waals surface area contributed by atoms with Crippen molar-refractivity contribution in [2.75, 3.05) is 7.11 Å². The second-order valence-corrected chi connectivity index (χ2v) is 5.92. The second kappa shape index (κ2) is 7.74. The number of phenolic OH excluding ortho intramolecular Hbond substituents is 1. The lowest BCUT2D eigenvalue weighted by Crippen LogP contribution is -2.00. The monoisotopic (exact) mass is 348 g/mol. The Labute approximate surface area is 152 Å². The number of methoxy groups -OCH3 is 1. The Balaban J connectivity index is 1.85. The fourth-order valence-corrected chi connectivity index (χ4v) is 2.89. The SMILES string of the molecule is COc1cc(OCc2cccc(-c3ccccc3)c2C)cc(O)c1C=O. The summed E-state index contributed by atoms with van der Waals surface area (Å²) in [6.45, 7) is 2.41. The predicted octanol–water partition coefficient (Wildman–Crippen LogP) is 4.77. The lowest BCUT2D eigenvalue weighted by atomic mass is 9.97. The summed E-state index contributed by atoms with van der Waals surface area (Å²) in [4.78, 5) is 11.0. The van der Waals surface area contributed by atoms with Gasteiger partial charge >= 0.3 is 0 Å². The lowest BCUT2D eigenvalue weighted by molar-refractivity contribution is 0.111. The number of benzene rings is 3. The Morgan fingerprint density at radius 2 is 1.81 bits per heavy atom. The third kappa shape index (κ3) is 3.54. The predicted molar refractivity (Wildman–Crippen MR) is 101 cm³/mol. The fraction of sp³-hybridized carbons (Fsp3) is 0.136. The molecule has 0 aliphatic rings. The molecular formula is C22H20O4. The number of ether oxygens (including phenoxy) is 2. The molecule has 3 aromatic carbocycles. The van der Waals surface area contributed by atoms with Gasteiger partial charge in [-0.05, 0) is 29.2 Å². The average molecular weight is 348 g/mol. The lowest BCUT2D eigenvalue weighted by Gasteiger charge is -2.14. The molecule has 0 saturated heterocycles. The second-order valence-electron chi connectivity index (χ2n) is 5.92. The largest absolute Gasteiger partial charge is 0.507 e. The third-order valence-electron chi connectivity index (χ3n) is 4.36. The zero-order valence-electron chi connectivity index (χ0n) is 14.7. The summed E-state index contributed by atoms with van der Waals surface area (Å²) in [5.41, 5.74) is 4.61.